The van der Waals surface area contributed by atoms with E-state index in [1.807, 2.05) is 5.92 Å². The average molecular weight is 424 g/mol. The third-order valence-electron chi connectivity index (χ3n) is 13.7. The van der Waals surface area contributed by atoms with Crippen LogP contribution in [0.3, 0.4) is 0 Å². The third-order valence-corrected chi connectivity index (χ3v) is 13.7. The van der Waals surface area contributed by atoms with Crippen LogP contribution in [0.1, 0.15) is 120 Å². The molecule has 31 heavy (non-hydrogen) atoms. The van der Waals surface area contributed by atoms with Crippen molar-refractivity contribution in [2.24, 2.45) is 56.7 Å². The standard InChI is InChI=1S/C31H51/c1-20-12-15-28(6)18-19-30(8)23(26(28)22(20)3)10-11-25-29(7)16-13-21(2)27(4,5)24(29)14-17-31(25,30)9/h12,21-22,24-26H,10-11,13-19H2,1-9H3/t21?,22?,24-,25+,26?,28+,29-,30+,31+/m0/s1. The number of hydrogen-bond acceptors (Lipinski definition) is 0. The molecule has 0 amide bonds. The maximum atomic E-state index is 2.78. The molecule has 0 heteroatoms. The maximum absolute atomic E-state index is 2.78. The molecule has 0 bridgehead atoms. The van der Waals surface area contributed by atoms with Gasteiger partial charge < -0.3 is 0 Å². The summed E-state index contributed by atoms with van der Waals surface area (Å²) in [4.78, 5) is 0. The lowest BCUT2D eigenvalue weighted by Crippen LogP contribution is -2.66. The van der Waals surface area contributed by atoms with Gasteiger partial charge in [0.1, 0.15) is 0 Å². The Kier molecular flexibility index (Phi) is 4.84. The summed E-state index contributed by atoms with van der Waals surface area (Å²) < 4.78 is 0. The molecule has 175 valence electrons. The summed E-state index contributed by atoms with van der Waals surface area (Å²) in [6, 6.07) is 0. The number of hydrogen-bond donors (Lipinski definition) is 0. The summed E-state index contributed by atoms with van der Waals surface area (Å²) in [7, 11) is 0. The molecule has 0 aromatic rings. The number of allylic oxidation sites excluding steroid dienone is 2. The zero-order chi connectivity index (χ0) is 22.6. The minimum atomic E-state index is 0.452. The lowest BCUT2D eigenvalue weighted by atomic mass is 9.31. The van der Waals surface area contributed by atoms with Crippen LogP contribution in [0.15, 0.2) is 11.6 Å². The van der Waals surface area contributed by atoms with Crippen LogP contribution < -0.4 is 0 Å². The fourth-order valence-electron chi connectivity index (χ4n) is 11.0. The van der Waals surface area contributed by atoms with Crippen molar-refractivity contribution in [3.05, 3.63) is 17.6 Å². The van der Waals surface area contributed by atoms with Crippen LogP contribution >= 0.6 is 0 Å². The molecular weight excluding hydrogens is 372 g/mol. The van der Waals surface area contributed by atoms with E-state index in [0.29, 0.717) is 27.1 Å². The summed E-state index contributed by atoms with van der Waals surface area (Å²) in [5.41, 5.74) is 4.19. The molecule has 0 aromatic carbocycles. The zero-order valence-electron chi connectivity index (χ0n) is 22.3. The molecule has 0 spiro atoms. The minimum absolute atomic E-state index is 0.452. The van der Waals surface area contributed by atoms with Gasteiger partial charge >= 0.3 is 0 Å². The van der Waals surface area contributed by atoms with E-state index in [1.54, 1.807) is 5.57 Å². The van der Waals surface area contributed by atoms with Crippen LogP contribution in [0.5, 0.6) is 0 Å². The highest BCUT2D eigenvalue weighted by Gasteiger charge is 2.69. The van der Waals surface area contributed by atoms with Crippen LogP contribution in [0, 0.1) is 62.6 Å². The Bertz CT molecular complexity index is 773. The van der Waals surface area contributed by atoms with E-state index in [0.717, 1.165) is 29.6 Å². The first-order valence-electron chi connectivity index (χ1n) is 13.8. The van der Waals surface area contributed by atoms with Gasteiger partial charge in [-0.25, -0.2) is 0 Å². The SMILES string of the molecule is CC1=CC[C@]2(C)CC[C@]3(C)[C](CC[C@@H]4[C@@]5(C)CCC(C)C(C)(C)[C@@H]5CC[C@]43C)C2C1C. The van der Waals surface area contributed by atoms with Crippen molar-refractivity contribution in [2.45, 2.75) is 120 Å². The number of fused-ring (bicyclic) bond motifs is 7. The predicted molar refractivity (Wildman–Crippen MR) is 134 cm³/mol. The molecule has 3 unspecified atom stereocenters. The summed E-state index contributed by atoms with van der Waals surface area (Å²) in [6.07, 6.45) is 15.6. The van der Waals surface area contributed by atoms with Gasteiger partial charge in [0.25, 0.3) is 0 Å². The second kappa shape index (κ2) is 6.66. The molecule has 5 aliphatic rings. The monoisotopic (exact) mass is 423 g/mol. The van der Waals surface area contributed by atoms with Crippen LogP contribution in [0.4, 0.5) is 0 Å². The van der Waals surface area contributed by atoms with Gasteiger partial charge in [0.05, 0.1) is 0 Å². The van der Waals surface area contributed by atoms with Crippen molar-refractivity contribution in [1.29, 1.82) is 0 Å². The molecule has 5 aliphatic carbocycles. The van der Waals surface area contributed by atoms with Gasteiger partial charge in [0.2, 0.25) is 0 Å². The molecule has 4 fully saturated rings. The first kappa shape index (κ1) is 22.5. The van der Waals surface area contributed by atoms with Gasteiger partial charge in [-0.3, -0.25) is 0 Å². The molecule has 0 heterocycles. The molecule has 5 rings (SSSR count). The van der Waals surface area contributed by atoms with E-state index in [1.165, 1.54) is 57.8 Å². The Morgan fingerprint density at radius 1 is 0.806 bits per heavy atom. The van der Waals surface area contributed by atoms with Gasteiger partial charge in [-0.2, -0.15) is 0 Å². The topological polar surface area (TPSA) is 0 Å². The molecule has 0 aromatic heterocycles. The van der Waals surface area contributed by atoms with E-state index in [2.05, 4.69) is 68.4 Å². The lowest BCUT2D eigenvalue weighted by Gasteiger charge is -2.73. The predicted octanol–water partition coefficient (Wildman–Crippen LogP) is 9.26. The highest BCUT2D eigenvalue weighted by atomic mass is 14.7. The fraction of sp³-hybridized carbons (Fsp3) is 0.903. The molecule has 0 nitrogen and oxygen atoms in total. The van der Waals surface area contributed by atoms with E-state index < -0.39 is 0 Å². The highest BCUT2D eigenvalue weighted by Crippen LogP contribution is 2.77. The van der Waals surface area contributed by atoms with Gasteiger partial charge in [-0.1, -0.05) is 67.0 Å². The van der Waals surface area contributed by atoms with Crippen LogP contribution in [-0.4, -0.2) is 0 Å². The normalized spacial score (nSPS) is 56.5. The van der Waals surface area contributed by atoms with Crippen LogP contribution in [0.2, 0.25) is 0 Å². The maximum Gasteiger partial charge on any atom is -0.0134 e. The first-order chi connectivity index (χ1) is 14.3. The Labute approximate surface area is 194 Å². The summed E-state index contributed by atoms with van der Waals surface area (Å²) in [6.45, 7) is 23.7. The quantitative estimate of drug-likeness (QED) is 0.340. The smallest absolute Gasteiger partial charge is 0.0134 e. The van der Waals surface area contributed by atoms with Crippen LogP contribution in [0.25, 0.3) is 0 Å². The van der Waals surface area contributed by atoms with Crippen molar-refractivity contribution in [1.82, 2.24) is 0 Å². The fourth-order valence-corrected chi connectivity index (χ4v) is 11.0. The van der Waals surface area contributed by atoms with Gasteiger partial charge in [0.15, 0.2) is 0 Å². The molecule has 9 atom stereocenters. The lowest BCUT2D eigenvalue weighted by molar-refractivity contribution is -0.208. The Morgan fingerprint density at radius 2 is 1.52 bits per heavy atom. The van der Waals surface area contributed by atoms with Crippen molar-refractivity contribution in [3.8, 4) is 0 Å². The molecule has 0 aliphatic heterocycles. The third kappa shape index (κ3) is 2.66. The largest absolute Gasteiger partial charge is 0.0848 e. The van der Waals surface area contributed by atoms with E-state index in [4.69, 9.17) is 0 Å². The summed E-state index contributed by atoms with van der Waals surface area (Å²) in [5.74, 6) is 6.30. The Morgan fingerprint density at radius 3 is 2.23 bits per heavy atom. The zero-order valence-corrected chi connectivity index (χ0v) is 22.3. The van der Waals surface area contributed by atoms with Crippen molar-refractivity contribution < 1.29 is 0 Å². The highest BCUT2D eigenvalue weighted by molar-refractivity contribution is 5.31. The first-order valence-corrected chi connectivity index (χ1v) is 13.8. The molecule has 0 saturated heterocycles. The molecule has 4 saturated carbocycles. The van der Waals surface area contributed by atoms with E-state index in [9.17, 15) is 0 Å². The van der Waals surface area contributed by atoms with Gasteiger partial charge in [-0.15, -0.1) is 0 Å². The Hall–Kier alpha value is -0.260. The second-order valence-electron chi connectivity index (χ2n) is 14.8. The summed E-state index contributed by atoms with van der Waals surface area (Å²) in [5, 5.41) is 0. The van der Waals surface area contributed by atoms with Gasteiger partial charge in [0, 0.05) is 0 Å². The molecule has 0 N–H and O–H groups in total. The van der Waals surface area contributed by atoms with Crippen molar-refractivity contribution in [2.75, 3.05) is 0 Å². The number of rotatable bonds is 0. The van der Waals surface area contributed by atoms with E-state index in [-0.39, 0.29) is 0 Å². The van der Waals surface area contributed by atoms with Gasteiger partial charge in [-0.05, 0) is 127 Å². The van der Waals surface area contributed by atoms with Crippen molar-refractivity contribution in [3.63, 3.8) is 0 Å². The second-order valence-corrected chi connectivity index (χ2v) is 14.8. The molecular formula is C31H51. The average Bonchev–Trinajstić information content (AvgIpc) is 2.69. The van der Waals surface area contributed by atoms with Crippen molar-refractivity contribution >= 4 is 0 Å². The van der Waals surface area contributed by atoms with Crippen LogP contribution in [-0.2, 0) is 0 Å². The summed E-state index contributed by atoms with van der Waals surface area (Å²) >= 11 is 0. The molecule has 1 radical (unpaired) electrons. The van der Waals surface area contributed by atoms with E-state index >= 15 is 0 Å². The minimum Gasteiger partial charge on any atom is -0.0848 e. The Balaban J connectivity index is 1.55.